The smallest absolute Gasteiger partial charge is 0.332 e. The average molecular weight is 378 g/mol. The van der Waals surface area contributed by atoms with E-state index in [4.69, 9.17) is 25.5 Å². The largest absolute Gasteiger partial charge is 0.486 e. The van der Waals surface area contributed by atoms with Crippen LogP contribution in [-0.2, 0) is 16.1 Å². The molecule has 138 valence electrons. The lowest BCUT2D eigenvalue weighted by Gasteiger charge is -2.06. The maximum Gasteiger partial charge on any atom is 0.332 e. The van der Waals surface area contributed by atoms with Gasteiger partial charge >= 0.3 is 5.97 Å². The molecule has 1 aromatic carbocycles. The first kappa shape index (κ1) is 19.6. The first-order valence-corrected chi connectivity index (χ1v) is 8.41. The van der Waals surface area contributed by atoms with E-state index >= 15 is 0 Å². The van der Waals surface area contributed by atoms with Crippen molar-refractivity contribution in [3.05, 3.63) is 64.2 Å². The van der Waals surface area contributed by atoms with Gasteiger partial charge in [0, 0.05) is 16.8 Å². The van der Waals surface area contributed by atoms with Gasteiger partial charge in [-0.05, 0) is 56.7 Å². The van der Waals surface area contributed by atoms with E-state index in [9.17, 15) is 9.59 Å². The third-order valence-corrected chi connectivity index (χ3v) is 3.75. The quantitative estimate of drug-likeness (QED) is 0.582. The minimum absolute atomic E-state index is 0.118. The number of furan rings is 1. The summed E-state index contributed by atoms with van der Waals surface area (Å²) in [5.41, 5.74) is 1.27. The zero-order valence-electron chi connectivity index (χ0n) is 14.8. The summed E-state index contributed by atoms with van der Waals surface area (Å²) >= 11 is 5.97. The molecule has 0 atom stereocenters. The number of allylic oxidation sites excluding steroid dienone is 1. The van der Waals surface area contributed by atoms with Gasteiger partial charge in [-0.2, -0.15) is 0 Å². The molecule has 7 heteroatoms. The normalized spacial score (nSPS) is 11.2. The van der Waals surface area contributed by atoms with Gasteiger partial charge in [0.2, 0.25) is 0 Å². The molecule has 0 spiro atoms. The number of carbonyl (C=O) groups excluding carboxylic acids is 2. The zero-order chi connectivity index (χ0) is 19.1. The summed E-state index contributed by atoms with van der Waals surface area (Å²) in [5.74, 6) is 0.290. The Morgan fingerprint density at radius 1 is 1.27 bits per heavy atom. The van der Waals surface area contributed by atoms with E-state index in [-0.39, 0.29) is 19.0 Å². The molecule has 2 rings (SSSR count). The van der Waals surface area contributed by atoms with Crippen LogP contribution in [-0.4, -0.2) is 18.5 Å². The Morgan fingerprint density at radius 2 is 2.04 bits per heavy atom. The predicted octanol–water partition coefficient (Wildman–Crippen LogP) is 4.02. The molecule has 1 aromatic heterocycles. The number of rotatable bonds is 7. The third-order valence-electron chi connectivity index (χ3n) is 3.33. The van der Waals surface area contributed by atoms with Crippen molar-refractivity contribution in [1.29, 1.82) is 0 Å². The number of nitrogens with one attached hydrogen (secondary N) is 1. The summed E-state index contributed by atoms with van der Waals surface area (Å²) in [5, 5.41) is 3.23. The molecule has 0 saturated carbocycles. The highest BCUT2D eigenvalue weighted by molar-refractivity contribution is 6.31. The number of hydrogen-bond donors (Lipinski definition) is 1. The Kier molecular flexibility index (Phi) is 6.86. The van der Waals surface area contributed by atoms with Gasteiger partial charge in [-0.3, -0.25) is 4.79 Å². The number of ether oxygens (including phenoxy) is 2. The number of aryl methyl sites for hydroxylation is 1. The fraction of sp³-hybridized carbons (Fsp3) is 0.263. The number of halogens is 1. The Hall–Kier alpha value is -2.73. The first-order chi connectivity index (χ1) is 12.4. The van der Waals surface area contributed by atoms with E-state index in [0.717, 1.165) is 5.56 Å². The molecular weight excluding hydrogens is 358 g/mol. The molecule has 1 heterocycles. The van der Waals surface area contributed by atoms with Crippen molar-refractivity contribution in [3.8, 4) is 5.75 Å². The van der Waals surface area contributed by atoms with Crippen LogP contribution in [0.3, 0.4) is 0 Å². The van der Waals surface area contributed by atoms with Gasteiger partial charge in [0.1, 0.15) is 18.1 Å². The molecule has 6 nitrogen and oxygen atoms in total. The first-order valence-electron chi connectivity index (χ1n) is 8.03. The maximum absolute atomic E-state index is 12.1. The minimum Gasteiger partial charge on any atom is -0.486 e. The fourth-order valence-electron chi connectivity index (χ4n) is 2.08. The van der Waals surface area contributed by atoms with Crippen molar-refractivity contribution in [3.63, 3.8) is 0 Å². The van der Waals surface area contributed by atoms with Gasteiger partial charge in [-0.15, -0.1) is 0 Å². The zero-order valence-corrected chi connectivity index (χ0v) is 15.6. The number of carbonyl (C=O) groups is 2. The standard InChI is InChI=1S/C19H20ClNO5/c1-4-24-18(22)10-13(3)21-19(23)17-8-6-15(26-17)11-25-14-5-7-16(20)12(2)9-14/h5-10H,4,11H2,1-3H3,(H,21,23)/b13-10+. The Morgan fingerprint density at radius 3 is 2.73 bits per heavy atom. The lowest BCUT2D eigenvalue weighted by molar-refractivity contribution is -0.137. The molecule has 2 aromatic rings. The highest BCUT2D eigenvalue weighted by Crippen LogP contribution is 2.22. The van der Waals surface area contributed by atoms with Crippen molar-refractivity contribution in [2.45, 2.75) is 27.4 Å². The molecule has 1 N–H and O–H groups in total. The van der Waals surface area contributed by atoms with E-state index < -0.39 is 11.9 Å². The monoisotopic (exact) mass is 377 g/mol. The van der Waals surface area contributed by atoms with Crippen LogP contribution < -0.4 is 10.1 Å². The van der Waals surface area contributed by atoms with E-state index in [1.807, 2.05) is 13.0 Å². The minimum atomic E-state index is -0.517. The molecule has 0 unspecified atom stereocenters. The van der Waals surface area contributed by atoms with Crippen LogP contribution in [0.5, 0.6) is 5.75 Å². The highest BCUT2D eigenvalue weighted by atomic mass is 35.5. The van der Waals surface area contributed by atoms with Crippen LogP contribution in [0.15, 0.2) is 46.5 Å². The van der Waals surface area contributed by atoms with Gasteiger partial charge in [-0.1, -0.05) is 11.6 Å². The lowest BCUT2D eigenvalue weighted by atomic mass is 10.2. The van der Waals surface area contributed by atoms with Crippen molar-refractivity contribution >= 4 is 23.5 Å². The van der Waals surface area contributed by atoms with Gasteiger partial charge in [0.05, 0.1) is 6.61 Å². The molecule has 0 aliphatic rings. The summed E-state index contributed by atoms with van der Waals surface area (Å²) in [6, 6.07) is 8.53. The summed E-state index contributed by atoms with van der Waals surface area (Å²) in [4.78, 5) is 23.5. The van der Waals surface area contributed by atoms with Crippen molar-refractivity contribution in [1.82, 2.24) is 5.32 Å². The van der Waals surface area contributed by atoms with E-state index in [1.54, 1.807) is 38.1 Å². The fourth-order valence-corrected chi connectivity index (χ4v) is 2.19. The number of esters is 1. The van der Waals surface area contributed by atoms with Crippen LogP contribution in [0.2, 0.25) is 5.02 Å². The van der Waals surface area contributed by atoms with Crippen molar-refractivity contribution in [2.24, 2.45) is 0 Å². The molecular formula is C19H20ClNO5. The van der Waals surface area contributed by atoms with Gasteiger partial charge in [-0.25, -0.2) is 4.79 Å². The second-order valence-electron chi connectivity index (χ2n) is 5.50. The molecule has 26 heavy (non-hydrogen) atoms. The molecule has 0 aliphatic heterocycles. The number of benzene rings is 1. The predicted molar refractivity (Wildman–Crippen MR) is 97.1 cm³/mol. The summed E-state index contributed by atoms with van der Waals surface area (Å²) in [6.45, 7) is 5.62. The average Bonchev–Trinajstić information content (AvgIpc) is 3.05. The lowest BCUT2D eigenvalue weighted by Crippen LogP contribution is -2.21. The van der Waals surface area contributed by atoms with Gasteiger partial charge in [0.25, 0.3) is 5.91 Å². The number of hydrogen-bond acceptors (Lipinski definition) is 5. The summed E-state index contributed by atoms with van der Waals surface area (Å²) in [6.07, 6.45) is 1.21. The topological polar surface area (TPSA) is 77.8 Å². The summed E-state index contributed by atoms with van der Waals surface area (Å²) < 4.78 is 15.9. The number of amides is 1. The van der Waals surface area contributed by atoms with Gasteiger partial charge in [0.15, 0.2) is 5.76 Å². The third kappa shape index (κ3) is 5.67. The Bertz CT molecular complexity index is 825. The molecule has 0 saturated heterocycles. The molecule has 1 amide bonds. The van der Waals surface area contributed by atoms with E-state index in [2.05, 4.69) is 5.32 Å². The molecule has 0 bridgehead atoms. The van der Waals surface area contributed by atoms with Crippen molar-refractivity contribution in [2.75, 3.05) is 6.61 Å². The van der Waals surface area contributed by atoms with Gasteiger partial charge < -0.3 is 19.2 Å². The van der Waals surface area contributed by atoms with Crippen LogP contribution in [0.4, 0.5) is 0 Å². The highest BCUT2D eigenvalue weighted by Gasteiger charge is 2.12. The molecule has 0 radical (unpaired) electrons. The summed E-state index contributed by atoms with van der Waals surface area (Å²) in [7, 11) is 0. The van der Waals surface area contributed by atoms with E-state index in [0.29, 0.717) is 22.2 Å². The van der Waals surface area contributed by atoms with Crippen LogP contribution in [0.25, 0.3) is 0 Å². The Balaban J connectivity index is 1.92. The van der Waals surface area contributed by atoms with Crippen molar-refractivity contribution < 1.29 is 23.5 Å². The maximum atomic E-state index is 12.1. The molecule has 0 aliphatic carbocycles. The molecule has 0 fully saturated rings. The van der Waals surface area contributed by atoms with E-state index in [1.165, 1.54) is 6.08 Å². The van der Waals surface area contributed by atoms with Crippen LogP contribution in [0, 0.1) is 6.92 Å². The Labute approximate surface area is 156 Å². The SMILES string of the molecule is CCOC(=O)/C=C(\C)NC(=O)c1ccc(COc2ccc(Cl)c(C)c2)o1. The van der Waals surface area contributed by atoms with Crippen LogP contribution >= 0.6 is 11.6 Å². The second kappa shape index (κ2) is 9.10. The van der Waals surface area contributed by atoms with Crippen LogP contribution in [0.1, 0.15) is 35.7 Å². The second-order valence-corrected chi connectivity index (χ2v) is 5.91.